The van der Waals surface area contributed by atoms with Crippen molar-refractivity contribution in [3.63, 3.8) is 0 Å². The lowest BCUT2D eigenvalue weighted by Crippen LogP contribution is -2.22. The molecule has 98 valence electrons. The van der Waals surface area contributed by atoms with E-state index in [1.165, 1.54) is 0 Å². The number of benzene rings is 1. The molecule has 0 spiro atoms. The van der Waals surface area contributed by atoms with Crippen LogP contribution in [0.25, 0.3) is 0 Å². The van der Waals surface area contributed by atoms with Gasteiger partial charge in [-0.3, -0.25) is 4.79 Å². The van der Waals surface area contributed by atoms with Gasteiger partial charge < -0.3 is 20.1 Å². The molecule has 5 nitrogen and oxygen atoms in total. The Hall–Kier alpha value is -1.75. The van der Waals surface area contributed by atoms with Crippen molar-refractivity contribution in [2.45, 2.75) is 19.8 Å². The van der Waals surface area contributed by atoms with E-state index in [-0.39, 0.29) is 12.7 Å². The first-order valence-electron chi connectivity index (χ1n) is 6.20. The fourth-order valence-electron chi connectivity index (χ4n) is 1.70. The van der Waals surface area contributed by atoms with E-state index < -0.39 is 0 Å². The van der Waals surface area contributed by atoms with Gasteiger partial charge in [-0.25, -0.2) is 0 Å². The number of rotatable bonds is 6. The summed E-state index contributed by atoms with van der Waals surface area (Å²) in [5, 5.41) is 6.02. The van der Waals surface area contributed by atoms with E-state index >= 15 is 0 Å². The third kappa shape index (κ3) is 3.37. The van der Waals surface area contributed by atoms with Gasteiger partial charge in [-0.2, -0.15) is 0 Å². The van der Waals surface area contributed by atoms with Crippen molar-refractivity contribution in [3.8, 4) is 11.5 Å². The number of fused-ring (bicyclic) bond motifs is 1. The largest absolute Gasteiger partial charge is 0.454 e. The molecule has 1 aromatic carbocycles. The van der Waals surface area contributed by atoms with Crippen molar-refractivity contribution in [1.82, 2.24) is 5.32 Å². The summed E-state index contributed by atoms with van der Waals surface area (Å²) in [6.07, 6.45) is 1.54. The molecule has 0 saturated carbocycles. The summed E-state index contributed by atoms with van der Waals surface area (Å²) in [6.45, 7) is 3.98. The first kappa shape index (κ1) is 12.7. The van der Waals surface area contributed by atoms with E-state index in [2.05, 4.69) is 17.6 Å². The number of carbonyl (C=O) groups excluding carboxylic acids is 1. The second kappa shape index (κ2) is 6.26. The maximum absolute atomic E-state index is 11.7. The molecule has 2 N–H and O–H groups in total. The Balaban J connectivity index is 1.80. The molecule has 2 rings (SSSR count). The van der Waals surface area contributed by atoms with Crippen molar-refractivity contribution in [2.24, 2.45) is 0 Å². The highest BCUT2D eigenvalue weighted by Gasteiger charge is 2.13. The molecule has 1 amide bonds. The summed E-state index contributed by atoms with van der Waals surface area (Å²) in [4.78, 5) is 11.7. The van der Waals surface area contributed by atoms with Gasteiger partial charge in [0.1, 0.15) is 0 Å². The molecule has 0 atom stereocenters. The Bertz CT molecular complexity index is 421. The van der Waals surface area contributed by atoms with Crippen LogP contribution in [0.5, 0.6) is 11.5 Å². The predicted octanol–water partition coefficient (Wildman–Crippen LogP) is 1.74. The average Bonchev–Trinajstić information content (AvgIpc) is 2.82. The van der Waals surface area contributed by atoms with Crippen LogP contribution in [0.4, 0.5) is 5.69 Å². The van der Waals surface area contributed by atoms with E-state index in [0.29, 0.717) is 18.7 Å². The van der Waals surface area contributed by atoms with Crippen molar-refractivity contribution >= 4 is 11.6 Å². The number of nitrogens with one attached hydrogen (secondary N) is 2. The quantitative estimate of drug-likeness (QED) is 0.755. The van der Waals surface area contributed by atoms with Crippen LogP contribution in [0.2, 0.25) is 0 Å². The maximum Gasteiger partial charge on any atom is 0.231 e. The van der Waals surface area contributed by atoms with Crippen LogP contribution in [0, 0.1) is 0 Å². The van der Waals surface area contributed by atoms with E-state index in [1.807, 2.05) is 6.07 Å². The van der Waals surface area contributed by atoms with E-state index in [0.717, 1.165) is 24.4 Å². The molecule has 0 saturated heterocycles. The topological polar surface area (TPSA) is 59.6 Å². The van der Waals surface area contributed by atoms with E-state index in [1.54, 1.807) is 12.1 Å². The normalized spacial score (nSPS) is 12.5. The standard InChI is InChI=1S/C13H18N2O3/c1-2-6-14-7-5-13(16)15-10-3-4-11-12(8-10)18-9-17-11/h3-4,8,14H,2,5-7,9H2,1H3,(H,15,16). The van der Waals surface area contributed by atoms with E-state index in [4.69, 9.17) is 9.47 Å². The maximum atomic E-state index is 11.7. The minimum Gasteiger partial charge on any atom is -0.454 e. The van der Waals surface area contributed by atoms with Crippen LogP contribution in [-0.4, -0.2) is 25.8 Å². The van der Waals surface area contributed by atoms with E-state index in [9.17, 15) is 4.79 Å². The summed E-state index contributed by atoms with van der Waals surface area (Å²) in [5.74, 6) is 1.40. The highest BCUT2D eigenvalue weighted by Crippen LogP contribution is 2.34. The summed E-state index contributed by atoms with van der Waals surface area (Å²) in [5.41, 5.74) is 0.736. The number of hydrogen-bond acceptors (Lipinski definition) is 4. The van der Waals surface area contributed by atoms with Crippen LogP contribution in [0.1, 0.15) is 19.8 Å². The molecule has 0 aromatic heterocycles. The molecule has 0 fully saturated rings. The molecule has 5 heteroatoms. The zero-order valence-corrected chi connectivity index (χ0v) is 10.5. The SMILES string of the molecule is CCCNCCC(=O)Nc1ccc2c(c1)OCO2. The molecule has 1 aliphatic rings. The number of ether oxygens (including phenoxy) is 2. The van der Waals surface area contributed by atoms with Gasteiger partial charge in [-0.1, -0.05) is 6.92 Å². The second-order valence-electron chi connectivity index (χ2n) is 4.12. The monoisotopic (exact) mass is 250 g/mol. The number of anilines is 1. The Morgan fingerprint density at radius 3 is 2.94 bits per heavy atom. The smallest absolute Gasteiger partial charge is 0.231 e. The molecule has 18 heavy (non-hydrogen) atoms. The Morgan fingerprint density at radius 1 is 1.28 bits per heavy atom. The first-order chi connectivity index (χ1) is 8.79. The minimum atomic E-state index is -0.00234. The van der Waals surface area contributed by atoms with Gasteiger partial charge in [0.15, 0.2) is 11.5 Å². The highest BCUT2D eigenvalue weighted by atomic mass is 16.7. The second-order valence-corrected chi connectivity index (χ2v) is 4.12. The molecular weight excluding hydrogens is 232 g/mol. The molecule has 0 bridgehead atoms. The summed E-state index contributed by atoms with van der Waals surface area (Å²) in [6, 6.07) is 5.39. The molecule has 1 heterocycles. The first-order valence-corrected chi connectivity index (χ1v) is 6.20. The van der Waals surface area contributed by atoms with Gasteiger partial charge in [-0.15, -0.1) is 0 Å². The van der Waals surface area contributed by atoms with Crippen LogP contribution < -0.4 is 20.1 Å². The van der Waals surface area contributed by atoms with Crippen LogP contribution in [0.15, 0.2) is 18.2 Å². The Kier molecular flexibility index (Phi) is 4.41. The fourth-order valence-corrected chi connectivity index (χ4v) is 1.70. The Labute approximate surface area is 106 Å². The molecular formula is C13H18N2O3. The number of carbonyl (C=O) groups is 1. The molecule has 0 radical (unpaired) electrons. The van der Waals surface area contributed by atoms with Crippen molar-refractivity contribution in [2.75, 3.05) is 25.2 Å². The van der Waals surface area contributed by atoms with Gasteiger partial charge in [-0.05, 0) is 25.1 Å². The minimum absolute atomic E-state index is 0.00234. The summed E-state index contributed by atoms with van der Waals surface area (Å²) >= 11 is 0. The lowest BCUT2D eigenvalue weighted by atomic mass is 10.2. The molecule has 1 aromatic rings. The molecule has 1 aliphatic heterocycles. The highest BCUT2D eigenvalue weighted by molar-refractivity contribution is 5.91. The lowest BCUT2D eigenvalue weighted by Gasteiger charge is -2.06. The van der Waals surface area contributed by atoms with Gasteiger partial charge in [0.2, 0.25) is 12.7 Å². The zero-order valence-electron chi connectivity index (χ0n) is 10.5. The zero-order chi connectivity index (χ0) is 12.8. The third-order valence-electron chi connectivity index (χ3n) is 2.61. The van der Waals surface area contributed by atoms with Gasteiger partial charge in [0.05, 0.1) is 0 Å². The Morgan fingerprint density at radius 2 is 2.11 bits per heavy atom. The van der Waals surface area contributed by atoms with Crippen LogP contribution >= 0.6 is 0 Å². The summed E-state index contributed by atoms with van der Waals surface area (Å²) in [7, 11) is 0. The fraction of sp³-hybridized carbons (Fsp3) is 0.462. The van der Waals surface area contributed by atoms with Crippen molar-refractivity contribution in [3.05, 3.63) is 18.2 Å². The third-order valence-corrected chi connectivity index (χ3v) is 2.61. The predicted molar refractivity (Wildman–Crippen MR) is 69.0 cm³/mol. The summed E-state index contributed by atoms with van der Waals surface area (Å²) < 4.78 is 10.5. The molecule has 0 unspecified atom stereocenters. The average molecular weight is 250 g/mol. The van der Waals surface area contributed by atoms with Crippen molar-refractivity contribution in [1.29, 1.82) is 0 Å². The van der Waals surface area contributed by atoms with Gasteiger partial charge in [0.25, 0.3) is 0 Å². The number of hydrogen-bond donors (Lipinski definition) is 2. The van der Waals surface area contributed by atoms with Gasteiger partial charge >= 0.3 is 0 Å². The molecule has 0 aliphatic carbocycles. The van der Waals surface area contributed by atoms with Crippen LogP contribution in [0.3, 0.4) is 0 Å². The van der Waals surface area contributed by atoms with Crippen molar-refractivity contribution < 1.29 is 14.3 Å². The van der Waals surface area contributed by atoms with Crippen LogP contribution in [-0.2, 0) is 4.79 Å². The van der Waals surface area contributed by atoms with Gasteiger partial charge in [0, 0.05) is 24.7 Å². The lowest BCUT2D eigenvalue weighted by molar-refractivity contribution is -0.116. The number of amides is 1.